The number of likely N-dealkylation sites (tertiary alicyclic amines) is 1. The molecule has 2 N–H and O–H groups in total. The van der Waals surface area contributed by atoms with E-state index in [0.29, 0.717) is 25.9 Å². The van der Waals surface area contributed by atoms with Crippen molar-refractivity contribution >= 4 is 17.8 Å². The molecule has 0 aromatic rings. The quantitative estimate of drug-likeness (QED) is 0.807. The van der Waals surface area contributed by atoms with E-state index >= 15 is 0 Å². The molecule has 0 unspecified atom stereocenters. The predicted molar refractivity (Wildman–Crippen MR) is 85.7 cm³/mol. The SMILES string of the molecule is CC(C)C(=O)N1CCC(C(=O)NC2(CC(=O)O)CCCC2)CC1. The summed E-state index contributed by atoms with van der Waals surface area (Å²) in [5.41, 5.74) is -0.562. The number of hydrogen-bond donors (Lipinski definition) is 2. The number of carboxylic acids is 1. The van der Waals surface area contributed by atoms with Crippen LogP contribution >= 0.6 is 0 Å². The van der Waals surface area contributed by atoms with E-state index in [1.165, 1.54) is 0 Å². The van der Waals surface area contributed by atoms with Crippen LogP contribution in [0.1, 0.15) is 58.8 Å². The normalized spacial score (nSPS) is 21.4. The molecule has 1 saturated heterocycles. The van der Waals surface area contributed by atoms with Crippen molar-refractivity contribution in [2.75, 3.05) is 13.1 Å². The molecule has 6 nitrogen and oxygen atoms in total. The molecule has 1 aliphatic carbocycles. The zero-order valence-electron chi connectivity index (χ0n) is 14.1. The standard InChI is InChI=1S/C17H28N2O4/c1-12(2)16(23)19-9-5-13(6-10-19)15(22)18-17(11-14(20)21)7-3-4-8-17/h12-13H,3-11H2,1-2H3,(H,18,22)(H,20,21). The van der Waals surface area contributed by atoms with Crippen LogP contribution in [0.2, 0.25) is 0 Å². The van der Waals surface area contributed by atoms with Gasteiger partial charge in [0.05, 0.1) is 12.0 Å². The second-order valence-corrected chi connectivity index (χ2v) is 7.30. The van der Waals surface area contributed by atoms with Crippen LogP contribution in [0.3, 0.4) is 0 Å². The van der Waals surface area contributed by atoms with Crippen LogP contribution in [-0.2, 0) is 14.4 Å². The van der Waals surface area contributed by atoms with Crippen molar-refractivity contribution in [1.29, 1.82) is 0 Å². The second kappa shape index (κ2) is 7.32. The maximum atomic E-state index is 12.5. The third-order valence-corrected chi connectivity index (χ3v) is 5.11. The van der Waals surface area contributed by atoms with Gasteiger partial charge in [0, 0.05) is 24.9 Å². The molecule has 0 aromatic carbocycles. The summed E-state index contributed by atoms with van der Waals surface area (Å²) in [6, 6.07) is 0. The van der Waals surface area contributed by atoms with Gasteiger partial charge in [-0.3, -0.25) is 14.4 Å². The lowest BCUT2D eigenvalue weighted by Crippen LogP contribution is -2.52. The highest BCUT2D eigenvalue weighted by Crippen LogP contribution is 2.33. The smallest absolute Gasteiger partial charge is 0.305 e. The molecular weight excluding hydrogens is 296 g/mol. The van der Waals surface area contributed by atoms with Crippen molar-refractivity contribution in [2.45, 2.75) is 64.3 Å². The lowest BCUT2D eigenvalue weighted by molar-refractivity contribution is -0.141. The minimum Gasteiger partial charge on any atom is -0.481 e. The minimum absolute atomic E-state index is 0.00339. The fourth-order valence-corrected chi connectivity index (χ4v) is 3.78. The Morgan fingerprint density at radius 3 is 2.22 bits per heavy atom. The van der Waals surface area contributed by atoms with Crippen LogP contribution < -0.4 is 5.32 Å². The number of carboxylic acid groups (broad SMARTS) is 1. The molecule has 0 aromatic heterocycles. The molecule has 2 aliphatic rings. The van der Waals surface area contributed by atoms with Crippen LogP contribution in [0, 0.1) is 11.8 Å². The molecule has 2 rings (SSSR count). The summed E-state index contributed by atoms with van der Waals surface area (Å²) in [7, 11) is 0. The average molecular weight is 324 g/mol. The Hall–Kier alpha value is -1.59. The van der Waals surface area contributed by atoms with Crippen molar-refractivity contribution in [2.24, 2.45) is 11.8 Å². The molecule has 1 aliphatic heterocycles. The lowest BCUT2D eigenvalue weighted by Gasteiger charge is -2.35. The zero-order chi connectivity index (χ0) is 17.0. The fraction of sp³-hybridized carbons (Fsp3) is 0.824. The molecule has 0 bridgehead atoms. The van der Waals surface area contributed by atoms with Crippen LogP contribution in [0.25, 0.3) is 0 Å². The number of nitrogens with one attached hydrogen (secondary N) is 1. The number of nitrogens with zero attached hydrogens (tertiary/aromatic N) is 1. The molecule has 2 fully saturated rings. The third kappa shape index (κ3) is 4.45. The predicted octanol–water partition coefficient (Wildman–Crippen LogP) is 1.78. The molecule has 130 valence electrons. The zero-order valence-corrected chi connectivity index (χ0v) is 14.1. The van der Waals surface area contributed by atoms with E-state index in [2.05, 4.69) is 5.32 Å². The van der Waals surface area contributed by atoms with Crippen LogP contribution in [0.4, 0.5) is 0 Å². The maximum Gasteiger partial charge on any atom is 0.305 e. The monoisotopic (exact) mass is 324 g/mol. The van der Waals surface area contributed by atoms with E-state index < -0.39 is 11.5 Å². The van der Waals surface area contributed by atoms with Gasteiger partial charge in [0.15, 0.2) is 0 Å². The highest BCUT2D eigenvalue weighted by molar-refractivity contribution is 5.82. The number of piperidine rings is 1. The van der Waals surface area contributed by atoms with E-state index in [4.69, 9.17) is 5.11 Å². The summed E-state index contributed by atoms with van der Waals surface area (Å²) >= 11 is 0. The first-order chi connectivity index (χ1) is 10.8. The third-order valence-electron chi connectivity index (χ3n) is 5.11. The molecule has 1 saturated carbocycles. The summed E-state index contributed by atoms with van der Waals surface area (Å²) in [6.07, 6.45) is 4.75. The number of rotatable bonds is 5. The number of hydrogen-bond acceptors (Lipinski definition) is 3. The van der Waals surface area contributed by atoms with Gasteiger partial charge in [0.2, 0.25) is 11.8 Å². The Morgan fingerprint density at radius 2 is 1.74 bits per heavy atom. The molecule has 6 heteroatoms. The first kappa shape index (κ1) is 17.8. The van der Waals surface area contributed by atoms with Crippen LogP contribution in [0.5, 0.6) is 0 Å². The van der Waals surface area contributed by atoms with E-state index in [9.17, 15) is 14.4 Å². The molecular formula is C17H28N2O4. The van der Waals surface area contributed by atoms with Gasteiger partial charge in [0.1, 0.15) is 0 Å². The van der Waals surface area contributed by atoms with Crippen molar-refractivity contribution < 1.29 is 19.5 Å². The van der Waals surface area contributed by atoms with Gasteiger partial charge in [-0.15, -0.1) is 0 Å². The Bertz CT molecular complexity index is 461. The minimum atomic E-state index is -0.857. The Labute approximate surface area is 137 Å². The maximum absolute atomic E-state index is 12.5. The molecule has 1 heterocycles. The highest BCUT2D eigenvalue weighted by Gasteiger charge is 2.39. The van der Waals surface area contributed by atoms with Crippen molar-refractivity contribution in [1.82, 2.24) is 10.2 Å². The summed E-state index contributed by atoms with van der Waals surface area (Å²) in [5.74, 6) is -0.883. The Morgan fingerprint density at radius 1 is 1.17 bits per heavy atom. The van der Waals surface area contributed by atoms with Crippen molar-refractivity contribution in [3.63, 3.8) is 0 Å². The van der Waals surface area contributed by atoms with E-state index in [1.54, 1.807) is 0 Å². The highest BCUT2D eigenvalue weighted by atomic mass is 16.4. The van der Waals surface area contributed by atoms with E-state index in [1.807, 2.05) is 18.7 Å². The fourth-order valence-electron chi connectivity index (χ4n) is 3.78. The number of carbonyl (C=O) groups excluding carboxylic acids is 2. The van der Waals surface area contributed by atoms with Gasteiger partial charge in [-0.05, 0) is 25.7 Å². The van der Waals surface area contributed by atoms with Gasteiger partial charge in [-0.25, -0.2) is 0 Å². The molecule has 23 heavy (non-hydrogen) atoms. The van der Waals surface area contributed by atoms with Crippen LogP contribution in [-0.4, -0.2) is 46.4 Å². The second-order valence-electron chi connectivity index (χ2n) is 7.30. The van der Waals surface area contributed by atoms with Crippen molar-refractivity contribution in [3.05, 3.63) is 0 Å². The van der Waals surface area contributed by atoms with Gasteiger partial charge in [-0.2, -0.15) is 0 Å². The number of carbonyl (C=O) groups is 3. The van der Waals surface area contributed by atoms with E-state index in [0.717, 1.165) is 25.7 Å². The summed E-state index contributed by atoms with van der Waals surface area (Å²) in [5, 5.41) is 12.2. The molecule has 0 atom stereocenters. The molecule has 2 amide bonds. The largest absolute Gasteiger partial charge is 0.481 e. The Kier molecular flexibility index (Phi) is 5.65. The summed E-state index contributed by atoms with van der Waals surface area (Å²) in [4.78, 5) is 37.5. The van der Waals surface area contributed by atoms with Gasteiger partial charge in [-0.1, -0.05) is 26.7 Å². The number of aliphatic carboxylic acids is 1. The first-order valence-corrected chi connectivity index (χ1v) is 8.65. The average Bonchev–Trinajstić information content (AvgIpc) is 2.93. The molecule has 0 spiro atoms. The number of amides is 2. The van der Waals surface area contributed by atoms with Gasteiger partial charge < -0.3 is 15.3 Å². The first-order valence-electron chi connectivity index (χ1n) is 8.65. The summed E-state index contributed by atoms with van der Waals surface area (Å²) in [6.45, 7) is 5.00. The van der Waals surface area contributed by atoms with Crippen LogP contribution in [0.15, 0.2) is 0 Å². The van der Waals surface area contributed by atoms with E-state index in [-0.39, 0.29) is 30.1 Å². The molecule has 0 radical (unpaired) electrons. The van der Waals surface area contributed by atoms with Crippen molar-refractivity contribution in [3.8, 4) is 0 Å². The lowest BCUT2D eigenvalue weighted by atomic mass is 9.89. The topological polar surface area (TPSA) is 86.7 Å². The summed E-state index contributed by atoms with van der Waals surface area (Å²) < 4.78 is 0. The van der Waals surface area contributed by atoms with Gasteiger partial charge in [0.25, 0.3) is 0 Å². The Balaban J connectivity index is 1.89. The van der Waals surface area contributed by atoms with Gasteiger partial charge >= 0.3 is 5.97 Å².